The van der Waals surface area contributed by atoms with Gasteiger partial charge in [-0.3, -0.25) is 4.79 Å². The highest BCUT2D eigenvalue weighted by Crippen LogP contribution is 2.22. The third-order valence-electron chi connectivity index (χ3n) is 11.3. The van der Waals surface area contributed by atoms with E-state index in [1.807, 2.05) is 6.08 Å². The lowest BCUT2D eigenvalue weighted by Gasteiger charge is -2.40. The van der Waals surface area contributed by atoms with Crippen LogP contribution in [0.3, 0.4) is 0 Å². The van der Waals surface area contributed by atoms with Crippen molar-refractivity contribution in [1.82, 2.24) is 5.32 Å². The molecule has 0 spiro atoms. The summed E-state index contributed by atoms with van der Waals surface area (Å²) in [6.07, 6.45) is 49.7. The number of ether oxygens (including phenoxy) is 2. The Kier molecular flexibility index (Phi) is 38.7. The minimum atomic E-state index is -1.57. The Balaban J connectivity index is 2.17. The van der Waals surface area contributed by atoms with Gasteiger partial charge in [0.05, 0.1) is 25.4 Å². The summed E-state index contributed by atoms with van der Waals surface area (Å²) in [5.41, 5.74) is 0. The van der Waals surface area contributed by atoms with Crippen LogP contribution in [0.4, 0.5) is 0 Å². The van der Waals surface area contributed by atoms with Gasteiger partial charge >= 0.3 is 0 Å². The first kappa shape index (κ1) is 56.6. The maximum absolute atomic E-state index is 12.9. The Labute approximate surface area is 372 Å². The molecule has 9 heteroatoms. The third kappa shape index (κ3) is 32.0. The number of allylic oxidation sites excluding steroid dienone is 11. The molecule has 9 nitrogen and oxygen atoms in total. The van der Waals surface area contributed by atoms with Crippen LogP contribution in [-0.4, -0.2) is 87.5 Å². The van der Waals surface area contributed by atoms with Crippen LogP contribution in [-0.2, 0) is 14.3 Å². The van der Waals surface area contributed by atoms with E-state index in [-0.39, 0.29) is 12.5 Å². The van der Waals surface area contributed by atoms with E-state index in [4.69, 9.17) is 9.47 Å². The van der Waals surface area contributed by atoms with Crippen LogP contribution in [0, 0.1) is 0 Å². The van der Waals surface area contributed by atoms with Crippen molar-refractivity contribution in [3.8, 4) is 0 Å². The lowest BCUT2D eigenvalue weighted by Crippen LogP contribution is -2.60. The quantitative estimate of drug-likeness (QED) is 0.0264. The molecule has 61 heavy (non-hydrogen) atoms. The van der Waals surface area contributed by atoms with Gasteiger partial charge in [-0.2, -0.15) is 0 Å². The molecule has 0 aliphatic carbocycles. The predicted molar refractivity (Wildman–Crippen MR) is 253 cm³/mol. The molecule has 0 bridgehead atoms. The molecule has 1 saturated heterocycles. The average Bonchev–Trinajstić information content (AvgIpc) is 3.26. The van der Waals surface area contributed by atoms with E-state index >= 15 is 0 Å². The van der Waals surface area contributed by atoms with Crippen molar-refractivity contribution in [2.45, 2.75) is 236 Å². The van der Waals surface area contributed by atoms with E-state index in [0.29, 0.717) is 6.42 Å². The van der Waals surface area contributed by atoms with E-state index in [2.05, 4.69) is 79.9 Å². The van der Waals surface area contributed by atoms with Crippen molar-refractivity contribution < 1.29 is 39.8 Å². The summed E-state index contributed by atoms with van der Waals surface area (Å²) in [4.78, 5) is 12.9. The van der Waals surface area contributed by atoms with Crippen molar-refractivity contribution in [1.29, 1.82) is 0 Å². The Morgan fingerprint density at radius 3 is 1.51 bits per heavy atom. The molecule has 0 saturated carbocycles. The smallest absolute Gasteiger partial charge is 0.220 e. The minimum Gasteiger partial charge on any atom is -0.394 e. The fourth-order valence-electron chi connectivity index (χ4n) is 7.36. The van der Waals surface area contributed by atoms with Crippen LogP contribution in [0.25, 0.3) is 0 Å². The van der Waals surface area contributed by atoms with Gasteiger partial charge in [-0.15, -0.1) is 0 Å². The summed E-state index contributed by atoms with van der Waals surface area (Å²) in [7, 11) is 0. The SMILES string of the molecule is CC/C=C\C/C=C\C/C=C\C/C=C\C/C=C\CCCCCCCCCCCCCCCC(=O)NC(COC1OC(CO)C(O)C(O)C1O)C(O)/C=C/CCCCCCCCC. The normalized spacial score (nSPS) is 21.1. The number of hydrogen-bond donors (Lipinski definition) is 6. The number of aliphatic hydroxyl groups excluding tert-OH is 5. The van der Waals surface area contributed by atoms with Gasteiger partial charge in [0.2, 0.25) is 5.91 Å². The molecule has 7 unspecified atom stereocenters. The molecular formula is C52H91NO8. The topological polar surface area (TPSA) is 149 Å². The molecule has 1 aliphatic rings. The monoisotopic (exact) mass is 858 g/mol. The highest BCUT2D eigenvalue weighted by atomic mass is 16.7. The molecule has 1 rings (SSSR count). The van der Waals surface area contributed by atoms with Crippen molar-refractivity contribution in [2.75, 3.05) is 13.2 Å². The van der Waals surface area contributed by atoms with Gasteiger partial charge in [0.25, 0.3) is 0 Å². The van der Waals surface area contributed by atoms with E-state index in [1.165, 1.54) is 103 Å². The summed E-state index contributed by atoms with van der Waals surface area (Å²) >= 11 is 0. The van der Waals surface area contributed by atoms with Crippen molar-refractivity contribution in [3.63, 3.8) is 0 Å². The fourth-order valence-corrected chi connectivity index (χ4v) is 7.36. The van der Waals surface area contributed by atoms with Gasteiger partial charge in [0.15, 0.2) is 6.29 Å². The predicted octanol–water partition coefficient (Wildman–Crippen LogP) is 10.9. The highest BCUT2D eigenvalue weighted by molar-refractivity contribution is 5.76. The Morgan fingerprint density at radius 2 is 1.02 bits per heavy atom. The van der Waals surface area contributed by atoms with E-state index in [0.717, 1.165) is 70.6 Å². The number of nitrogens with one attached hydrogen (secondary N) is 1. The van der Waals surface area contributed by atoms with Crippen LogP contribution in [0.15, 0.2) is 72.9 Å². The number of carbonyl (C=O) groups excluding carboxylic acids is 1. The van der Waals surface area contributed by atoms with Gasteiger partial charge in [-0.05, 0) is 64.2 Å². The Hall–Kier alpha value is -2.37. The molecule has 6 N–H and O–H groups in total. The lowest BCUT2D eigenvalue weighted by atomic mass is 9.99. The second-order valence-electron chi connectivity index (χ2n) is 16.9. The molecule has 1 aliphatic heterocycles. The fraction of sp³-hybridized carbons (Fsp3) is 0.750. The molecule has 0 aromatic carbocycles. The summed E-state index contributed by atoms with van der Waals surface area (Å²) in [6.45, 7) is 3.61. The average molecular weight is 858 g/mol. The molecule has 1 amide bonds. The Bertz CT molecular complexity index is 1180. The molecule has 352 valence electrons. The molecule has 0 aromatic rings. The maximum Gasteiger partial charge on any atom is 0.220 e. The van der Waals surface area contributed by atoms with E-state index < -0.39 is 49.5 Å². The zero-order valence-corrected chi connectivity index (χ0v) is 38.6. The van der Waals surface area contributed by atoms with Crippen molar-refractivity contribution in [2.24, 2.45) is 0 Å². The summed E-state index contributed by atoms with van der Waals surface area (Å²) in [5, 5.41) is 54.1. The number of hydrogen-bond acceptors (Lipinski definition) is 8. The molecule has 0 aromatic heterocycles. The van der Waals surface area contributed by atoms with Crippen LogP contribution in [0.5, 0.6) is 0 Å². The first-order chi connectivity index (χ1) is 29.8. The Morgan fingerprint density at radius 1 is 0.574 bits per heavy atom. The standard InChI is InChI=1S/C52H91NO8/c1-3-5-7-9-11-13-14-15-16-17-18-19-20-21-22-23-24-25-26-27-28-29-30-31-32-34-36-38-40-42-48(56)53-45(46(55)41-39-37-35-33-12-10-8-6-4-2)44-60-52-51(59)50(58)49(57)47(43-54)61-52/h5,7,11,13,15-16,18-19,21-22,39,41,45-47,49-52,54-55,57-59H,3-4,6,8-10,12,14,17,20,23-38,40,42-44H2,1-2H3,(H,53,56)/b7-5-,13-11-,16-15-,19-18-,22-21-,41-39+. The largest absolute Gasteiger partial charge is 0.394 e. The van der Waals surface area contributed by atoms with Gasteiger partial charge in [0, 0.05) is 6.42 Å². The number of amides is 1. The molecule has 0 radical (unpaired) electrons. The van der Waals surface area contributed by atoms with Crippen molar-refractivity contribution >= 4 is 5.91 Å². The van der Waals surface area contributed by atoms with Crippen LogP contribution in [0.1, 0.15) is 194 Å². The van der Waals surface area contributed by atoms with E-state index in [1.54, 1.807) is 6.08 Å². The summed E-state index contributed by atoms with van der Waals surface area (Å²) < 4.78 is 11.2. The molecule has 1 fully saturated rings. The molecule has 1 heterocycles. The van der Waals surface area contributed by atoms with Gasteiger partial charge < -0.3 is 40.3 Å². The van der Waals surface area contributed by atoms with Crippen molar-refractivity contribution in [3.05, 3.63) is 72.9 Å². The van der Waals surface area contributed by atoms with Crippen LogP contribution >= 0.6 is 0 Å². The minimum absolute atomic E-state index is 0.184. The van der Waals surface area contributed by atoms with E-state index in [9.17, 15) is 30.3 Å². The highest BCUT2D eigenvalue weighted by Gasteiger charge is 2.44. The molecule has 7 atom stereocenters. The first-order valence-corrected chi connectivity index (χ1v) is 24.7. The second-order valence-corrected chi connectivity index (χ2v) is 16.9. The van der Waals surface area contributed by atoms with Gasteiger partial charge in [-0.25, -0.2) is 0 Å². The lowest BCUT2D eigenvalue weighted by molar-refractivity contribution is -0.302. The third-order valence-corrected chi connectivity index (χ3v) is 11.3. The summed E-state index contributed by atoms with van der Waals surface area (Å²) in [5.74, 6) is -0.184. The number of rotatable bonds is 40. The van der Waals surface area contributed by atoms with Crippen LogP contribution in [0.2, 0.25) is 0 Å². The second kappa shape index (κ2) is 41.6. The number of carbonyl (C=O) groups is 1. The zero-order valence-electron chi connectivity index (χ0n) is 38.6. The number of unbranched alkanes of at least 4 members (excludes halogenated alkanes) is 20. The first-order valence-electron chi connectivity index (χ1n) is 24.7. The zero-order chi connectivity index (χ0) is 44.4. The molecular weight excluding hydrogens is 767 g/mol. The van der Waals surface area contributed by atoms with Crippen LogP contribution < -0.4 is 5.32 Å². The van der Waals surface area contributed by atoms with Gasteiger partial charge in [-0.1, -0.05) is 196 Å². The maximum atomic E-state index is 12.9. The number of aliphatic hydroxyl groups is 5. The van der Waals surface area contributed by atoms with Gasteiger partial charge in [0.1, 0.15) is 24.4 Å². The summed E-state index contributed by atoms with van der Waals surface area (Å²) in [6, 6.07) is -0.806.